The van der Waals surface area contributed by atoms with E-state index in [9.17, 15) is 15.2 Å². The van der Waals surface area contributed by atoms with Crippen molar-refractivity contribution >= 4 is 23.1 Å². The van der Waals surface area contributed by atoms with Crippen molar-refractivity contribution in [2.45, 2.75) is 38.1 Å². The van der Waals surface area contributed by atoms with E-state index in [-0.39, 0.29) is 17.3 Å². The van der Waals surface area contributed by atoms with Crippen molar-refractivity contribution in [2.24, 2.45) is 5.92 Å². The predicted molar refractivity (Wildman–Crippen MR) is 77.0 cm³/mol. The normalized spacial score (nSPS) is 26.2. The Hall–Kier alpha value is -1.40. The summed E-state index contributed by atoms with van der Waals surface area (Å²) in [5.41, 5.74) is -0.574. The number of hydrogen-bond donors (Lipinski definition) is 2. The predicted octanol–water partition coefficient (Wildman–Crippen LogP) is 3.00. The molecule has 2 N–H and O–H groups in total. The van der Waals surface area contributed by atoms with E-state index in [0.29, 0.717) is 11.7 Å². The van der Waals surface area contributed by atoms with Gasteiger partial charge in [0, 0.05) is 6.07 Å². The standard InChI is InChI=1S/C13H18ClN3O3/c1-9-2-4-13(8-18,5-3-9)16-12-11(14)6-10(7-15-12)17(19)20/h6-7,9,18H,2-5,8H2,1H3,(H,15,16). The topological polar surface area (TPSA) is 88.3 Å². The number of aliphatic hydroxyl groups is 1. The van der Waals surface area contributed by atoms with E-state index in [1.165, 1.54) is 12.3 Å². The monoisotopic (exact) mass is 299 g/mol. The van der Waals surface area contributed by atoms with Crippen molar-refractivity contribution < 1.29 is 10.0 Å². The molecule has 0 saturated heterocycles. The second-order valence-corrected chi connectivity index (χ2v) is 5.93. The molecular weight excluding hydrogens is 282 g/mol. The Labute approximate surface area is 122 Å². The van der Waals surface area contributed by atoms with Crippen LogP contribution < -0.4 is 5.32 Å². The van der Waals surface area contributed by atoms with Gasteiger partial charge in [0.1, 0.15) is 12.0 Å². The highest BCUT2D eigenvalue weighted by Crippen LogP contribution is 2.36. The fourth-order valence-corrected chi connectivity index (χ4v) is 2.72. The average Bonchev–Trinajstić information content (AvgIpc) is 2.43. The lowest BCUT2D eigenvalue weighted by molar-refractivity contribution is -0.385. The fraction of sp³-hybridized carbons (Fsp3) is 0.615. The molecule has 1 aromatic heterocycles. The average molecular weight is 300 g/mol. The largest absolute Gasteiger partial charge is 0.394 e. The summed E-state index contributed by atoms with van der Waals surface area (Å²) in [7, 11) is 0. The van der Waals surface area contributed by atoms with Gasteiger partial charge in [-0.05, 0) is 31.6 Å². The second-order valence-electron chi connectivity index (χ2n) is 5.53. The van der Waals surface area contributed by atoms with Gasteiger partial charge < -0.3 is 10.4 Å². The summed E-state index contributed by atoms with van der Waals surface area (Å²) in [6.45, 7) is 2.19. The third-order valence-corrected chi connectivity index (χ3v) is 4.24. The molecule has 110 valence electrons. The lowest BCUT2D eigenvalue weighted by atomic mass is 9.77. The van der Waals surface area contributed by atoms with Crippen molar-refractivity contribution in [3.05, 3.63) is 27.4 Å². The minimum absolute atomic E-state index is 0.00524. The number of pyridine rings is 1. The Bertz CT molecular complexity index is 502. The first kappa shape index (κ1) is 15.0. The lowest BCUT2D eigenvalue weighted by Crippen LogP contribution is -2.45. The van der Waals surface area contributed by atoms with Gasteiger partial charge >= 0.3 is 0 Å². The van der Waals surface area contributed by atoms with Gasteiger partial charge in [0.2, 0.25) is 0 Å². The van der Waals surface area contributed by atoms with Crippen LogP contribution in [0.5, 0.6) is 0 Å². The van der Waals surface area contributed by atoms with E-state index in [4.69, 9.17) is 11.6 Å². The highest BCUT2D eigenvalue weighted by Gasteiger charge is 2.34. The molecule has 0 atom stereocenters. The molecule has 0 amide bonds. The summed E-state index contributed by atoms with van der Waals surface area (Å²) < 4.78 is 0. The van der Waals surface area contributed by atoms with Crippen LogP contribution in [0.3, 0.4) is 0 Å². The lowest BCUT2D eigenvalue weighted by Gasteiger charge is -2.39. The third kappa shape index (κ3) is 3.19. The van der Waals surface area contributed by atoms with Gasteiger partial charge in [-0.1, -0.05) is 18.5 Å². The number of aliphatic hydroxyl groups excluding tert-OH is 1. The Balaban J connectivity index is 2.17. The van der Waals surface area contributed by atoms with E-state index < -0.39 is 10.5 Å². The molecule has 1 saturated carbocycles. The van der Waals surface area contributed by atoms with Crippen molar-refractivity contribution in [2.75, 3.05) is 11.9 Å². The molecule has 0 aliphatic heterocycles. The molecule has 1 aliphatic rings. The Kier molecular flexibility index (Phi) is 4.45. The molecule has 0 aromatic carbocycles. The van der Waals surface area contributed by atoms with Crippen LogP contribution in [0.15, 0.2) is 12.3 Å². The molecular formula is C13H18ClN3O3. The number of aromatic nitrogens is 1. The fourth-order valence-electron chi connectivity index (χ4n) is 2.51. The Morgan fingerprint density at radius 3 is 2.75 bits per heavy atom. The second kappa shape index (κ2) is 5.93. The zero-order valence-electron chi connectivity index (χ0n) is 11.3. The SMILES string of the molecule is CC1CCC(CO)(Nc2ncc([N+](=O)[O-])cc2Cl)CC1. The number of rotatable bonds is 4. The number of nitro groups is 1. The summed E-state index contributed by atoms with van der Waals surface area (Å²) >= 11 is 6.03. The Morgan fingerprint density at radius 1 is 1.60 bits per heavy atom. The Morgan fingerprint density at radius 2 is 2.25 bits per heavy atom. The smallest absolute Gasteiger partial charge is 0.289 e. The van der Waals surface area contributed by atoms with Crippen LogP contribution in [0.4, 0.5) is 11.5 Å². The maximum Gasteiger partial charge on any atom is 0.289 e. The van der Waals surface area contributed by atoms with Crippen LogP contribution in [0, 0.1) is 16.0 Å². The first-order valence-electron chi connectivity index (χ1n) is 6.65. The van der Waals surface area contributed by atoms with Crippen molar-refractivity contribution in [1.29, 1.82) is 0 Å². The molecule has 1 heterocycles. The summed E-state index contributed by atoms with van der Waals surface area (Å²) in [4.78, 5) is 14.1. The van der Waals surface area contributed by atoms with Crippen molar-refractivity contribution in [3.63, 3.8) is 0 Å². The minimum Gasteiger partial charge on any atom is -0.394 e. The van der Waals surface area contributed by atoms with E-state index in [2.05, 4.69) is 17.2 Å². The first-order chi connectivity index (χ1) is 9.46. The van der Waals surface area contributed by atoms with Gasteiger partial charge in [0.15, 0.2) is 0 Å². The van der Waals surface area contributed by atoms with E-state index in [1.54, 1.807) is 0 Å². The van der Waals surface area contributed by atoms with Gasteiger partial charge in [0.05, 0.1) is 22.1 Å². The zero-order valence-corrected chi connectivity index (χ0v) is 12.1. The molecule has 0 radical (unpaired) electrons. The highest BCUT2D eigenvalue weighted by molar-refractivity contribution is 6.33. The molecule has 1 aromatic rings. The van der Waals surface area contributed by atoms with E-state index in [1.807, 2.05) is 0 Å². The molecule has 6 nitrogen and oxygen atoms in total. The zero-order chi connectivity index (χ0) is 14.8. The minimum atomic E-state index is -0.535. The molecule has 1 aliphatic carbocycles. The first-order valence-corrected chi connectivity index (χ1v) is 7.02. The van der Waals surface area contributed by atoms with Crippen molar-refractivity contribution in [3.8, 4) is 0 Å². The number of halogens is 1. The van der Waals surface area contributed by atoms with Gasteiger partial charge in [-0.2, -0.15) is 0 Å². The van der Waals surface area contributed by atoms with Gasteiger partial charge in [-0.3, -0.25) is 10.1 Å². The van der Waals surface area contributed by atoms with Crippen molar-refractivity contribution in [1.82, 2.24) is 4.98 Å². The summed E-state index contributed by atoms with van der Waals surface area (Å²) in [5.74, 6) is 1.04. The summed E-state index contributed by atoms with van der Waals surface area (Å²) in [6, 6.07) is 1.27. The number of nitrogens with zero attached hydrogens (tertiary/aromatic N) is 2. The molecule has 2 rings (SSSR count). The summed E-state index contributed by atoms with van der Waals surface area (Å²) in [5, 5.41) is 23.7. The number of anilines is 1. The number of nitrogens with one attached hydrogen (secondary N) is 1. The maximum atomic E-state index is 10.7. The van der Waals surface area contributed by atoms with Crippen LogP contribution in [0.2, 0.25) is 5.02 Å². The van der Waals surface area contributed by atoms with Crippen LogP contribution in [-0.2, 0) is 0 Å². The van der Waals surface area contributed by atoms with Crippen LogP contribution in [0.1, 0.15) is 32.6 Å². The summed E-state index contributed by atoms with van der Waals surface area (Å²) in [6.07, 6.45) is 4.89. The molecule has 7 heteroatoms. The quantitative estimate of drug-likeness (QED) is 0.659. The molecule has 0 unspecified atom stereocenters. The van der Waals surface area contributed by atoms with E-state index in [0.717, 1.165) is 25.7 Å². The van der Waals surface area contributed by atoms with Crippen LogP contribution in [0.25, 0.3) is 0 Å². The number of hydrogen-bond acceptors (Lipinski definition) is 5. The third-order valence-electron chi connectivity index (χ3n) is 3.96. The molecule has 1 fully saturated rings. The highest BCUT2D eigenvalue weighted by atomic mass is 35.5. The van der Waals surface area contributed by atoms with E-state index >= 15 is 0 Å². The van der Waals surface area contributed by atoms with Gasteiger partial charge in [-0.25, -0.2) is 4.98 Å². The van der Waals surface area contributed by atoms with Crippen LogP contribution >= 0.6 is 11.6 Å². The van der Waals surface area contributed by atoms with Gasteiger partial charge in [-0.15, -0.1) is 0 Å². The van der Waals surface area contributed by atoms with Crippen LogP contribution in [-0.4, -0.2) is 27.2 Å². The molecule has 0 spiro atoms. The maximum absolute atomic E-state index is 10.7. The molecule has 0 bridgehead atoms. The molecule has 20 heavy (non-hydrogen) atoms. The van der Waals surface area contributed by atoms with Gasteiger partial charge in [0.25, 0.3) is 5.69 Å².